The Hall–Kier alpha value is -2.56. The first-order valence-electron chi connectivity index (χ1n) is 8.24. The van der Waals surface area contributed by atoms with Gasteiger partial charge in [0.2, 0.25) is 5.78 Å². The van der Waals surface area contributed by atoms with Crippen LogP contribution >= 0.6 is 0 Å². The van der Waals surface area contributed by atoms with Crippen LogP contribution in [-0.4, -0.2) is 30.9 Å². The summed E-state index contributed by atoms with van der Waals surface area (Å²) in [5, 5.41) is 10.1. The number of rotatable bonds is 5. The molecule has 1 saturated carbocycles. The van der Waals surface area contributed by atoms with E-state index in [4.69, 9.17) is 9.47 Å². The summed E-state index contributed by atoms with van der Waals surface area (Å²) in [5.41, 5.74) is -0.0618. The molecule has 1 N–H and O–H groups in total. The third kappa shape index (κ3) is 2.29. The highest BCUT2D eigenvalue weighted by atomic mass is 16.5. The lowest BCUT2D eigenvalue weighted by atomic mass is 9.71. The standard InChI is InChI=1S/C20H22O5/c1-5-8-20-10-13(21)18(22)17(19(20)23)16(11(20)2)12-6-7-14(24-3)15(9-12)25-4/h5-7,9-11,16-17,21H,1,8H2,2-4H3/t11-,16+,17+,20+/m1/s1. The van der Waals surface area contributed by atoms with Crippen molar-refractivity contribution >= 4 is 11.6 Å². The quantitative estimate of drug-likeness (QED) is 0.657. The van der Waals surface area contributed by atoms with Gasteiger partial charge in [-0.1, -0.05) is 19.1 Å². The van der Waals surface area contributed by atoms with Crippen molar-refractivity contribution in [3.63, 3.8) is 0 Å². The Morgan fingerprint density at radius 3 is 2.52 bits per heavy atom. The predicted octanol–water partition coefficient (Wildman–Crippen LogP) is 3.21. The van der Waals surface area contributed by atoms with Gasteiger partial charge in [0.05, 0.1) is 25.6 Å². The number of methoxy groups -OCH3 is 2. The summed E-state index contributed by atoms with van der Waals surface area (Å²) in [7, 11) is 3.10. The highest BCUT2D eigenvalue weighted by Crippen LogP contribution is 2.58. The fourth-order valence-electron chi connectivity index (χ4n) is 4.37. The maximum atomic E-state index is 13.0. The highest BCUT2D eigenvalue weighted by Gasteiger charge is 2.62. The van der Waals surface area contributed by atoms with E-state index in [1.807, 2.05) is 13.0 Å². The number of allylic oxidation sites excluding steroid dienone is 3. The Kier molecular flexibility index (Phi) is 4.19. The SMILES string of the molecule is C=CC[C@@]12C=C(O)C(=O)[C@@H](C1=O)[C@H](c1ccc(OC)c(OC)c1)[C@H]2C. The molecule has 0 aliphatic heterocycles. The van der Waals surface area contributed by atoms with Gasteiger partial charge in [-0.15, -0.1) is 6.58 Å². The van der Waals surface area contributed by atoms with Crippen LogP contribution in [0.5, 0.6) is 11.5 Å². The molecule has 132 valence electrons. The van der Waals surface area contributed by atoms with E-state index < -0.39 is 17.1 Å². The van der Waals surface area contributed by atoms with Crippen molar-refractivity contribution in [1.29, 1.82) is 0 Å². The number of aliphatic hydroxyl groups excluding tert-OH is 1. The first-order chi connectivity index (χ1) is 11.9. The van der Waals surface area contributed by atoms with E-state index in [9.17, 15) is 14.7 Å². The van der Waals surface area contributed by atoms with E-state index in [0.717, 1.165) is 5.56 Å². The molecule has 2 bridgehead atoms. The van der Waals surface area contributed by atoms with Crippen LogP contribution in [-0.2, 0) is 9.59 Å². The number of benzene rings is 1. The third-order valence-corrected chi connectivity index (χ3v) is 5.66. The summed E-state index contributed by atoms with van der Waals surface area (Å²) in [6, 6.07) is 5.42. The minimum atomic E-state index is -0.887. The molecule has 2 aliphatic rings. The number of carbonyl (C=O) groups is 2. The molecule has 25 heavy (non-hydrogen) atoms. The highest BCUT2D eigenvalue weighted by molar-refractivity contribution is 6.17. The van der Waals surface area contributed by atoms with E-state index in [0.29, 0.717) is 17.9 Å². The molecule has 0 spiro atoms. The van der Waals surface area contributed by atoms with E-state index >= 15 is 0 Å². The first-order valence-corrected chi connectivity index (χ1v) is 8.24. The molecule has 1 fully saturated rings. The Morgan fingerprint density at radius 1 is 1.24 bits per heavy atom. The summed E-state index contributed by atoms with van der Waals surface area (Å²) in [4.78, 5) is 25.6. The lowest BCUT2D eigenvalue weighted by Gasteiger charge is -2.30. The maximum absolute atomic E-state index is 13.0. The minimum Gasteiger partial charge on any atom is -0.505 e. The van der Waals surface area contributed by atoms with Gasteiger partial charge < -0.3 is 14.6 Å². The minimum absolute atomic E-state index is 0.137. The van der Waals surface area contributed by atoms with Crippen LogP contribution in [0.1, 0.15) is 24.8 Å². The molecule has 0 aromatic heterocycles. The van der Waals surface area contributed by atoms with E-state index in [-0.39, 0.29) is 23.4 Å². The summed E-state index contributed by atoms with van der Waals surface area (Å²) >= 11 is 0. The van der Waals surface area contributed by atoms with Gasteiger partial charge in [-0.3, -0.25) is 9.59 Å². The number of ketones is 2. The van der Waals surface area contributed by atoms with Gasteiger partial charge in [-0.25, -0.2) is 0 Å². The van der Waals surface area contributed by atoms with Crippen LogP contribution < -0.4 is 9.47 Å². The number of aliphatic hydroxyl groups is 1. The summed E-state index contributed by atoms with van der Waals surface area (Å²) < 4.78 is 10.6. The van der Waals surface area contributed by atoms with Crippen molar-refractivity contribution in [3.8, 4) is 11.5 Å². The average molecular weight is 342 g/mol. The molecule has 5 nitrogen and oxygen atoms in total. The van der Waals surface area contributed by atoms with Crippen LogP contribution in [0.25, 0.3) is 0 Å². The van der Waals surface area contributed by atoms with E-state index in [1.54, 1.807) is 32.4 Å². The molecule has 0 saturated heterocycles. The Balaban J connectivity index is 2.14. The van der Waals surface area contributed by atoms with Gasteiger partial charge in [0.15, 0.2) is 23.0 Å². The Bertz CT molecular complexity index is 778. The van der Waals surface area contributed by atoms with Crippen LogP contribution in [0.2, 0.25) is 0 Å². The second-order valence-corrected chi connectivity index (χ2v) is 6.70. The summed E-state index contributed by atoms with van der Waals surface area (Å²) in [5.74, 6) is -1.20. The lowest BCUT2D eigenvalue weighted by Crippen LogP contribution is -2.37. The molecule has 0 radical (unpaired) electrons. The summed E-state index contributed by atoms with van der Waals surface area (Å²) in [6.45, 7) is 5.69. The van der Waals surface area contributed by atoms with Crippen LogP contribution in [0, 0.1) is 17.3 Å². The van der Waals surface area contributed by atoms with Gasteiger partial charge in [0, 0.05) is 5.92 Å². The fraction of sp³-hybridized carbons (Fsp3) is 0.400. The molecule has 4 atom stereocenters. The van der Waals surface area contributed by atoms with Crippen molar-refractivity contribution in [2.45, 2.75) is 19.3 Å². The van der Waals surface area contributed by atoms with Crippen LogP contribution in [0.4, 0.5) is 0 Å². The lowest BCUT2D eigenvalue weighted by molar-refractivity contribution is -0.135. The van der Waals surface area contributed by atoms with Gasteiger partial charge in [-0.2, -0.15) is 0 Å². The third-order valence-electron chi connectivity index (χ3n) is 5.66. The van der Waals surface area contributed by atoms with Gasteiger partial charge >= 0.3 is 0 Å². The zero-order valence-electron chi connectivity index (χ0n) is 14.6. The second kappa shape index (κ2) is 6.06. The smallest absolute Gasteiger partial charge is 0.207 e. The van der Waals surface area contributed by atoms with E-state index in [2.05, 4.69) is 6.58 Å². The van der Waals surface area contributed by atoms with Gasteiger partial charge in [0.1, 0.15) is 0 Å². The molecule has 5 heteroatoms. The zero-order valence-corrected chi connectivity index (χ0v) is 14.6. The summed E-state index contributed by atoms with van der Waals surface area (Å²) in [6.07, 6.45) is 3.49. The molecular formula is C20H22O5. The molecule has 1 aromatic carbocycles. The van der Waals surface area contributed by atoms with Crippen LogP contribution in [0.15, 0.2) is 42.7 Å². The second-order valence-electron chi connectivity index (χ2n) is 6.70. The average Bonchev–Trinajstić information content (AvgIpc) is 2.77. The number of Topliss-reactive ketones (excluding diaryl/α,β-unsaturated/α-hetero) is 2. The number of hydrogen-bond donors (Lipinski definition) is 1. The van der Waals surface area contributed by atoms with Gasteiger partial charge in [0.25, 0.3) is 0 Å². The predicted molar refractivity (Wildman–Crippen MR) is 92.9 cm³/mol. The molecule has 0 amide bonds. The largest absolute Gasteiger partial charge is 0.505 e. The number of hydrogen-bond acceptors (Lipinski definition) is 5. The van der Waals surface area contributed by atoms with Gasteiger partial charge in [-0.05, 0) is 36.1 Å². The monoisotopic (exact) mass is 342 g/mol. The van der Waals surface area contributed by atoms with Crippen molar-refractivity contribution < 1.29 is 24.2 Å². The number of carbonyl (C=O) groups excluding carboxylic acids is 2. The number of ether oxygens (including phenoxy) is 2. The number of fused-ring (bicyclic) bond motifs is 2. The zero-order chi connectivity index (χ0) is 18.4. The molecular weight excluding hydrogens is 320 g/mol. The maximum Gasteiger partial charge on any atom is 0.207 e. The molecule has 3 rings (SSSR count). The first kappa shape index (κ1) is 17.3. The van der Waals surface area contributed by atoms with E-state index in [1.165, 1.54) is 6.08 Å². The topological polar surface area (TPSA) is 72.8 Å². The van der Waals surface area contributed by atoms with Crippen molar-refractivity contribution in [2.24, 2.45) is 17.3 Å². The Morgan fingerprint density at radius 2 is 1.92 bits per heavy atom. The molecule has 2 aliphatic carbocycles. The normalized spacial score (nSPS) is 30.8. The van der Waals surface area contributed by atoms with Crippen molar-refractivity contribution in [3.05, 3.63) is 48.3 Å². The van der Waals surface area contributed by atoms with Crippen molar-refractivity contribution in [1.82, 2.24) is 0 Å². The molecule has 0 unspecified atom stereocenters. The van der Waals surface area contributed by atoms with Crippen LogP contribution in [0.3, 0.4) is 0 Å². The molecule has 1 aromatic rings. The Labute approximate surface area is 146 Å². The molecule has 0 heterocycles. The fourth-order valence-corrected chi connectivity index (χ4v) is 4.37. The van der Waals surface area contributed by atoms with Crippen molar-refractivity contribution in [2.75, 3.05) is 14.2 Å².